The molecular weight excluding hydrogens is 168 g/mol. The van der Waals surface area contributed by atoms with E-state index in [4.69, 9.17) is 5.14 Å². The quantitative estimate of drug-likeness (QED) is 0.738. The molecular formula is C9H22N2S. The lowest BCUT2D eigenvalue weighted by Crippen LogP contribution is -2.49. The molecule has 1 fully saturated rings. The third-order valence-electron chi connectivity index (χ3n) is 2.43. The molecule has 3 heteroatoms. The van der Waals surface area contributed by atoms with Crippen molar-refractivity contribution >= 4 is 10.4 Å². The summed E-state index contributed by atoms with van der Waals surface area (Å²) in [6, 6.07) is 1.20. The molecule has 0 amide bonds. The van der Waals surface area contributed by atoms with Crippen LogP contribution >= 0.6 is 10.4 Å². The predicted molar refractivity (Wildman–Crippen MR) is 58.2 cm³/mol. The molecule has 1 aliphatic heterocycles. The number of nitrogens with zero attached hydrogens (tertiary/aromatic N) is 1. The zero-order valence-electron chi connectivity index (χ0n) is 8.71. The molecule has 0 unspecified atom stereocenters. The maximum absolute atomic E-state index is 6.36. The van der Waals surface area contributed by atoms with Crippen LogP contribution < -0.4 is 5.14 Å². The Labute approximate surface area is 78.1 Å². The molecule has 0 spiro atoms. The van der Waals surface area contributed by atoms with Crippen molar-refractivity contribution in [3.05, 3.63) is 0 Å². The number of rotatable bonds is 3. The van der Waals surface area contributed by atoms with Crippen LogP contribution in [0.15, 0.2) is 0 Å². The van der Waals surface area contributed by atoms with Gasteiger partial charge in [0.05, 0.1) is 0 Å². The molecule has 0 aromatic rings. The van der Waals surface area contributed by atoms with Gasteiger partial charge in [-0.05, 0) is 34.1 Å². The van der Waals surface area contributed by atoms with Gasteiger partial charge in [0.2, 0.25) is 0 Å². The molecule has 0 aliphatic carbocycles. The Balaban J connectivity index is 2.65. The fourth-order valence-electron chi connectivity index (χ4n) is 2.09. The summed E-state index contributed by atoms with van der Waals surface area (Å²) < 4.78 is 2.52. The second kappa shape index (κ2) is 3.56. The van der Waals surface area contributed by atoms with Crippen LogP contribution in [0.25, 0.3) is 0 Å². The minimum absolute atomic E-state index is 0.602. The Bertz CT molecular complexity index is 145. The average Bonchev–Trinajstić information content (AvgIpc) is 1.82. The Kier molecular flexibility index (Phi) is 3.07. The smallest absolute Gasteiger partial charge is 0.0144 e. The standard InChI is InChI=1S/C9H22N2S/c1-8(2)11(9(3)4)12(10)6-5-7-12/h8-9H,5-7,10H2,1-4H3. The van der Waals surface area contributed by atoms with Gasteiger partial charge >= 0.3 is 0 Å². The van der Waals surface area contributed by atoms with Crippen LogP contribution in [0.5, 0.6) is 0 Å². The van der Waals surface area contributed by atoms with E-state index in [1.54, 1.807) is 0 Å². The van der Waals surface area contributed by atoms with Gasteiger partial charge in [-0.1, -0.05) is 0 Å². The summed E-state index contributed by atoms with van der Waals surface area (Å²) in [6.07, 6.45) is 1.34. The second-order valence-corrected chi connectivity index (χ2v) is 7.25. The van der Waals surface area contributed by atoms with E-state index in [9.17, 15) is 0 Å². The summed E-state index contributed by atoms with van der Waals surface area (Å²) in [7, 11) is -0.845. The molecule has 1 rings (SSSR count). The lowest BCUT2D eigenvalue weighted by molar-refractivity contribution is 0.320. The Morgan fingerprint density at radius 2 is 1.50 bits per heavy atom. The predicted octanol–water partition coefficient (Wildman–Crippen LogP) is 2.10. The lowest BCUT2D eigenvalue weighted by Gasteiger charge is -2.56. The van der Waals surface area contributed by atoms with Crippen molar-refractivity contribution in [3.8, 4) is 0 Å². The topological polar surface area (TPSA) is 29.3 Å². The van der Waals surface area contributed by atoms with Crippen LogP contribution in [-0.4, -0.2) is 27.9 Å². The molecule has 1 heterocycles. The van der Waals surface area contributed by atoms with Crippen molar-refractivity contribution in [2.24, 2.45) is 5.14 Å². The highest BCUT2D eigenvalue weighted by Gasteiger charge is 2.36. The molecule has 0 saturated carbocycles. The first-order valence-electron chi connectivity index (χ1n) is 4.82. The van der Waals surface area contributed by atoms with Crippen LogP contribution in [0.2, 0.25) is 0 Å². The summed E-state index contributed by atoms with van der Waals surface area (Å²) in [5, 5.41) is 6.36. The van der Waals surface area contributed by atoms with Gasteiger partial charge in [0.1, 0.15) is 0 Å². The van der Waals surface area contributed by atoms with E-state index in [0.29, 0.717) is 12.1 Å². The lowest BCUT2D eigenvalue weighted by atomic mass is 10.3. The first-order valence-corrected chi connectivity index (χ1v) is 6.81. The monoisotopic (exact) mass is 190 g/mol. The number of hydrogen-bond donors (Lipinski definition) is 1. The van der Waals surface area contributed by atoms with Crippen molar-refractivity contribution in [3.63, 3.8) is 0 Å². The highest BCUT2D eigenvalue weighted by molar-refractivity contribution is 8.31. The summed E-state index contributed by atoms with van der Waals surface area (Å²) in [5.74, 6) is 2.51. The van der Waals surface area contributed by atoms with E-state index in [2.05, 4.69) is 32.0 Å². The molecule has 2 N–H and O–H groups in total. The third kappa shape index (κ3) is 1.78. The zero-order valence-corrected chi connectivity index (χ0v) is 9.53. The summed E-state index contributed by atoms with van der Waals surface area (Å²) >= 11 is 0. The molecule has 0 aromatic heterocycles. The van der Waals surface area contributed by atoms with Gasteiger partial charge < -0.3 is 0 Å². The molecule has 0 radical (unpaired) electrons. The maximum Gasteiger partial charge on any atom is 0.0144 e. The fraction of sp³-hybridized carbons (Fsp3) is 1.00. The average molecular weight is 190 g/mol. The normalized spacial score (nSPS) is 24.7. The maximum atomic E-state index is 6.36. The highest BCUT2D eigenvalue weighted by Crippen LogP contribution is 2.54. The van der Waals surface area contributed by atoms with E-state index in [-0.39, 0.29) is 0 Å². The molecule has 1 saturated heterocycles. The van der Waals surface area contributed by atoms with E-state index in [1.807, 2.05) is 0 Å². The van der Waals surface area contributed by atoms with Crippen LogP contribution in [0, 0.1) is 0 Å². The first-order chi connectivity index (χ1) is 5.47. The van der Waals surface area contributed by atoms with Gasteiger partial charge in [0, 0.05) is 23.6 Å². The molecule has 0 atom stereocenters. The summed E-state index contributed by atoms with van der Waals surface area (Å²) in [5.41, 5.74) is 0. The molecule has 0 aromatic carbocycles. The van der Waals surface area contributed by atoms with E-state index >= 15 is 0 Å². The second-order valence-electron chi connectivity index (χ2n) is 4.21. The summed E-state index contributed by atoms with van der Waals surface area (Å²) in [4.78, 5) is 0. The molecule has 12 heavy (non-hydrogen) atoms. The van der Waals surface area contributed by atoms with Crippen molar-refractivity contribution in [1.82, 2.24) is 4.31 Å². The van der Waals surface area contributed by atoms with E-state index in [1.165, 1.54) is 17.9 Å². The van der Waals surface area contributed by atoms with Crippen molar-refractivity contribution in [1.29, 1.82) is 0 Å². The zero-order chi connectivity index (χ0) is 9.35. The molecule has 0 bridgehead atoms. The number of nitrogens with two attached hydrogens (primary N) is 1. The molecule has 2 nitrogen and oxygen atoms in total. The van der Waals surface area contributed by atoms with Gasteiger partial charge in [0.15, 0.2) is 0 Å². The van der Waals surface area contributed by atoms with Gasteiger partial charge in [-0.25, -0.2) is 0 Å². The highest BCUT2D eigenvalue weighted by atomic mass is 32.3. The van der Waals surface area contributed by atoms with Crippen LogP contribution in [-0.2, 0) is 0 Å². The minimum atomic E-state index is -0.845. The fourth-order valence-corrected chi connectivity index (χ4v) is 5.07. The Morgan fingerprint density at radius 3 is 1.58 bits per heavy atom. The van der Waals surface area contributed by atoms with Gasteiger partial charge in [0.25, 0.3) is 0 Å². The molecule has 1 aliphatic rings. The Hall–Kier alpha value is 0.270. The first kappa shape index (κ1) is 10.4. The van der Waals surface area contributed by atoms with Gasteiger partial charge in [-0.2, -0.15) is 0 Å². The molecule has 74 valence electrons. The van der Waals surface area contributed by atoms with Crippen LogP contribution in [0.3, 0.4) is 0 Å². The van der Waals surface area contributed by atoms with Crippen molar-refractivity contribution < 1.29 is 0 Å². The Morgan fingerprint density at radius 1 is 1.08 bits per heavy atom. The minimum Gasteiger partial charge on any atom is -0.283 e. The summed E-state index contributed by atoms with van der Waals surface area (Å²) in [6.45, 7) is 9.00. The van der Waals surface area contributed by atoms with E-state index < -0.39 is 10.4 Å². The third-order valence-corrected chi connectivity index (χ3v) is 6.11. The van der Waals surface area contributed by atoms with Crippen molar-refractivity contribution in [2.45, 2.75) is 46.2 Å². The van der Waals surface area contributed by atoms with Crippen molar-refractivity contribution in [2.75, 3.05) is 11.5 Å². The number of hydrogen-bond acceptors (Lipinski definition) is 2. The SMILES string of the molecule is CC(C)N(C(C)C)S1(N)CCC1. The van der Waals surface area contributed by atoms with Crippen LogP contribution in [0.4, 0.5) is 0 Å². The largest absolute Gasteiger partial charge is 0.283 e. The van der Waals surface area contributed by atoms with Gasteiger partial charge in [-0.3, -0.25) is 9.44 Å². The van der Waals surface area contributed by atoms with Gasteiger partial charge in [-0.15, -0.1) is 10.4 Å². The van der Waals surface area contributed by atoms with E-state index in [0.717, 1.165) is 0 Å². The van der Waals surface area contributed by atoms with Crippen LogP contribution in [0.1, 0.15) is 34.1 Å².